The first-order chi connectivity index (χ1) is 17.9. The molecule has 4 nitrogen and oxygen atoms in total. The van der Waals surface area contributed by atoms with Crippen molar-refractivity contribution in [3.05, 3.63) is 107 Å². The van der Waals surface area contributed by atoms with Crippen molar-refractivity contribution in [2.24, 2.45) is 9.98 Å². The summed E-state index contributed by atoms with van der Waals surface area (Å²) in [4.78, 5) is 9.13. The maximum absolute atomic E-state index is 10.2. The van der Waals surface area contributed by atoms with E-state index in [4.69, 9.17) is 0 Å². The molecule has 0 saturated heterocycles. The van der Waals surface area contributed by atoms with Crippen LogP contribution in [0.3, 0.4) is 0 Å². The second-order valence-electron chi connectivity index (χ2n) is 11.7. The number of nitrogens with zero attached hydrogens (tertiary/aromatic N) is 2. The van der Waals surface area contributed by atoms with Gasteiger partial charge in [-0.05, 0) is 81.6 Å². The quantitative estimate of drug-likeness (QED) is 0.267. The highest BCUT2D eigenvalue weighted by atomic mass is 16.3. The van der Waals surface area contributed by atoms with Gasteiger partial charge < -0.3 is 10.2 Å². The van der Waals surface area contributed by atoms with Crippen molar-refractivity contribution in [3.63, 3.8) is 0 Å². The van der Waals surface area contributed by atoms with Crippen LogP contribution in [0.25, 0.3) is 11.1 Å². The van der Waals surface area contributed by atoms with Crippen molar-refractivity contribution in [2.45, 2.75) is 52.4 Å². The van der Waals surface area contributed by atoms with Crippen molar-refractivity contribution in [3.8, 4) is 22.6 Å². The first-order valence-corrected chi connectivity index (χ1v) is 12.9. The Morgan fingerprint density at radius 3 is 1.16 bits per heavy atom. The molecule has 0 aromatic heterocycles. The third-order valence-electron chi connectivity index (χ3n) is 6.56. The van der Waals surface area contributed by atoms with E-state index in [0.29, 0.717) is 11.1 Å². The van der Waals surface area contributed by atoms with Crippen LogP contribution in [0.15, 0.2) is 94.9 Å². The minimum Gasteiger partial charge on any atom is -0.507 e. The van der Waals surface area contributed by atoms with Crippen LogP contribution < -0.4 is 0 Å². The number of aromatic hydroxyl groups is 2. The predicted molar refractivity (Wildman–Crippen MR) is 160 cm³/mol. The lowest BCUT2D eigenvalue weighted by Crippen LogP contribution is -2.11. The SMILES string of the molecule is CC(C)(C)c1ccc(O)c(C=Nc2ccc(-c3ccc(N=Cc4cc(C(C)(C)C)ccc4O)cc3)cc2)c1. The zero-order valence-electron chi connectivity index (χ0n) is 23.0. The Hall–Kier alpha value is -4.18. The van der Waals surface area contributed by atoms with Crippen LogP contribution in [-0.2, 0) is 10.8 Å². The second-order valence-corrected chi connectivity index (χ2v) is 11.7. The van der Waals surface area contributed by atoms with Gasteiger partial charge in [-0.15, -0.1) is 0 Å². The molecular weight excluding hydrogens is 468 g/mol. The van der Waals surface area contributed by atoms with Gasteiger partial charge in [-0.25, -0.2) is 0 Å². The minimum atomic E-state index is -0.00208. The van der Waals surface area contributed by atoms with Crippen LogP contribution >= 0.6 is 0 Å². The summed E-state index contributed by atoms with van der Waals surface area (Å²) in [5, 5.41) is 20.5. The zero-order valence-corrected chi connectivity index (χ0v) is 23.0. The van der Waals surface area contributed by atoms with Crippen molar-refractivity contribution in [2.75, 3.05) is 0 Å². The summed E-state index contributed by atoms with van der Waals surface area (Å²) in [5.74, 6) is 0.441. The number of hydrogen-bond acceptors (Lipinski definition) is 4. The number of rotatable bonds is 5. The van der Waals surface area contributed by atoms with Crippen LogP contribution in [0.1, 0.15) is 63.8 Å². The largest absolute Gasteiger partial charge is 0.507 e. The van der Waals surface area contributed by atoms with Crippen LogP contribution in [0.5, 0.6) is 11.5 Å². The molecule has 0 aliphatic heterocycles. The van der Waals surface area contributed by atoms with Crippen LogP contribution in [0.4, 0.5) is 11.4 Å². The molecule has 194 valence electrons. The van der Waals surface area contributed by atoms with Crippen LogP contribution in [0.2, 0.25) is 0 Å². The van der Waals surface area contributed by atoms with Crippen LogP contribution in [-0.4, -0.2) is 22.6 Å². The third kappa shape index (κ3) is 6.57. The fraction of sp³-hybridized carbons (Fsp3) is 0.235. The highest BCUT2D eigenvalue weighted by Gasteiger charge is 2.16. The van der Waals surface area contributed by atoms with Crippen molar-refractivity contribution in [1.82, 2.24) is 0 Å². The normalized spacial score (nSPS) is 12.5. The van der Waals surface area contributed by atoms with Gasteiger partial charge in [0.1, 0.15) is 11.5 Å². The Bertz CT molecular complexity index is 1350. The van der Waals surface area contributed by atoms with Gasteiger partial charge in [-0.2, -0.15) is 0 Å². The summed E-state index contributed by atoms with van der Waals surface area (Å²) < 4.78 is 0. The summed E-state index contributed by atoms with van der Waals surface area (Å²) in [5.41, 5.74) is 7.48. The molecule has 4 aromatic carbocycles. The molecule has 38 heavy (non-hydrogen) atoms. The Morgan fingerprint density at radius 1 is 0.500 bits per heavy atom. The molecule has 4 heteroatoms. The zero-order chi connectivity index (χ0) is 27.5. The fourth-order valence-corrected chi connectivity index (χ4v) is 4.02. The summed E-state index contributed by atoms with van der Waals surface area (Å²) in [6.45, 7) is 12.9. The van der Waals surface area contributed by atoms with E-state index >= 15 is 0 Å². The van der Waals surface area contributed by atoms with Gasteiger partial charge in [0.05, 0.1) is 11.4 Å². The Labute approximate surface area is 226 Å². The van der Waals surface area contributed by atoms with Gasteiger partial charge in [0.25, 0.3) is 0 Å². The summed E-state index contributed by atoms with van der Waals surface area (Å²) in [6.07, 6.45) is 3.42. The standard InChI is InChI=1S/C34H36N2O2/c1-33(2,3)27-11-17-31(37)25(19-27)21-35-29-13-7-23(8-14-29)24-9-15-30(16-10-24)36-22-26-20-28(34(4,5)6)12-18-32(26)38/h7-22,37-38H,1-6H3. The lowest BCUT2D eigenvalue weighted by atomic mass is 9.86. The van der Waals surface area contributed by atoms with Crippen molar-refractivity contribution in [1.29, 1.82) is 0 Å². The van der Waals surface area contributed by atoms with E-state index in [1.807, 2.05) is 72.8 Å². The summed E-state index contributed by atoms with van der Waals surface area (Å²) >= 11 is 0. The molecule has 0 saturated carbocycles. The van der Waals surface area contributed by atoms with E-state index in [0.717, 1.165) is 33.6 Å². The van der Waals surface area contributed by atoms with E-state index in [1.54, 1.807) is 24.6 Å². The van der Waals surface area contributed by atoms with Gasteiger partial charge in [0, 0.05) is 23.6 Å². The molecular formula is C34H36N2O2. The molecule has 4 rings (SSSR count). The highest BCUT2D eigenvalue weighted by Crippen LogP contribution is 2.29. The lowest BCUT2D eigenvalue weighted by molar-refractivity contribution is 0.472. The fourth-order valence-electron chi connectivity index (χ4n) is 4.02. The maximum Gasteiger partial charge on any atom is 0.124 e. The molecule has 0 radical (unpaired) electrons. The second kappa shape index (κ2) is 10.7. The molecule has 0 spiro atoms. The molecule has 4 aromatic rings. The van der Waals surface area contributed by atoms with E-state index in [2.05, 4.69) is 51.5 Å². The smallest absolute Gasteiger partial charge is 0.124 e. The summed E-state index contributed by atoms with van der Waals surface area (Å²) in [7, 11) is 0. The number of phenols is 2. The van der Waals surface area contributed by atoms with Gasteiger partial charge in [0.2, 0.25) is 0 Å². The van der Waals surface area contributed by atoms with Gasteiger partial charge >= 0.3 is 0 Å². The van der Waals surface area contributed by atoms with E-state index in [1.165, 1.54) is 0 Å². The monoisotopic (exact) mass is 504 g/mol. The molecule has 0 bridgehead atoms. The Balaban J connectivity index is 1.46. The minimum absolute atomic E-state index is 0.00208. The van der Waals surface area contributed by atoms with E-state index < -0.39 is 0 Å². The number of phenolic OH excluding ortho intramolecular Hbond substituents is 2. The molecule has 0 fully saturated rings. The third-order valence-corrected chi connectivity index (χ3v) is 6.56. The number of aliphatic imine (C=N–C) groups is 2. The molecule has 0 aliphatic rings. The Morgan fingerprint density at radius 2 is 0.842 bits per heavy atom. The summed E-state index contributed by atoms with van der Waals surface area (Å²) in [6, 6.07) is 27.3. The Kier molecular flexibility index (Phi) is 7.54. The highest BCUT2D eigenvalue weighted by molar-refractivity contribution is 5.86. The topological polar surface area (TPSA) is 65.2 Å². The lowest BCUT2D eigenvalue weighted by Gasteiger charge is -2.19. The first kappa shape index (κ1) is 26.9. The average molecular weight is 505 g/mol. The first-order valence-electron chi connectivity index (χ1n) is 12.9. The predicted octanol–water partition coefficient (Wildman–Crippen LogP) is 8.86. The maximum atomic E-state index is 10.2. The molecule has 0 atom stereocenters. The number of benzene rings is 4. The van der Waals surface area contributed by atoms with Gasteiger partial charge in [-0.3, -0.25) is 9.98 Å². The molecule has 0 amide bonds. The average Bonchev–Trinajstić information content (AvgIpc) is 2.87. The molecule has 0 heterocycles. The molecule has 2 N–H and O–H groups in total. The van der Waals surface area contributed by atoms with Crippen LogP contribution in [0, 0.1) is 0 Å². The number of hydrogen-bond donors (Lipinski definition) is 2. The van der Waals surface area contributed by atoms with Crippen molar-refractivity contribution < 1.29 is 10.2 Å². The molecule has 0 aliphatic carbocycles. The van der Waals surface area contributed by atoms with Gasteiger partial charge in [-0.1, -0.05) is 77.9 Å². The van der Waals surface area contributed by atoms with Crippen molar-refractivity contribution >= 4 is 23.8 Å². The van der Waals surface area contributed by atoms with E-state index in [-0.39, 0.29) is 22.3 Å². The molecule has 0 unspecified atom stereocenters. The van der Waals surface area contributed by atoms with Gasteiger partial charge in [0.15, 0.2) is 0 Å². The van der Waals surface area contributed by atoms with E-state index in [9.17, 15) is 10.2 Å².